The summed E-state index contributed by atoms with van der Waals surface area (Å²) in [6, 6.07) is -1.05. The number of hydroxylamine groups is 2. The van der Waals surface area contributed by atoms with Gasteiger partial charge in [0.1, 0.15) is 6.04 Å². The summed E-state index contributed by atoms with van der Waals surface area (Å²) in [5.74, 6) is -1.14. The van der Waals surface area contributed by atoms with Gasteiger partial charge < -0.3 is 26.9 Å². The van der Waals surface area contributed by atoms with Gasteiger partial charge in [-0.3, -0.25) is 4.79 Å². The molecule has 0 aromatic heterocycles. The van der Waals surface area contributed by atoms with Crippen LogP contribution in [-0.4, -0.2) is 58.2 Å². The Morgan fingerprint density at radius 2 is 2.00 bits per heavy atom. The van der Waals surface area contributed by atoms with Crippen molar-refractivity contribution < 1.29 is 20.2 Å². The van der Waals surface area contributed by atoms with Crippen molar-refractivity contribution in [2.45, 2.75) is 25.0 Å². The van der Waals surface area contributed by atoms with E-state index in [9.17, 15) is 10.0 Å². The molecule has 0 saturated carbocycles. The molecule has 0 heterocycles. The summed E-state index contributed by atoms with van der Waals surface area (Å²) in [5, 5.41) is 27.9. The molecule has 0 aliphatic carbocycles. The molecule has 0 fully saturated rings. The Bertz CT molecular complexity index is 191. The lowest BCUT2D eigenvalue weighted by atomic mass is 10.1. The van der Waals surface area contributed by atoms with Crippen molar-refractivity contribution in [3.63, 3.8) is 0 Å². The number of carbonyl (C=O) groups is 1. The van der Waals surface area contributed by atoms with E-state index in [1.54, 1.807) is 0 Å². The van der Waals surface area contributed by atoms with E-state index >= 15 is 0 Å². The molecule has 7 heteroatoms. The van der Waals surface area contributed by atoms with E-state index in [4.69, 9.17) is 21.7 Å². The Balaban J connectivity index is 4.15. The predicted molar refractivity (Wildman–Crippen MR) is 53.3 cm³/mol. The predicted octanol–water partition coefficient (Wildman–Crippen LogP) is -1.81. The van der Waals surface area contributed by atoms with Crippen molar-refractivity contribution in [3.8, 4) is 0 Å². The van der Waals surface area contributed by atoms with Gasteiger partial charge in [0.05, 0.1) is 12.6 Å². The molecule has 2 atom stereocenters. The molecule has 7 nitrogen and oxygen atoms in total. The number of hydrogen-bond donors (Lipinski definition) is 5. The fourth-order valence-electron chi connectivity index (χ4n) is 1.13. The van der Waals surface area contributed by atoms with Gasteiger partial charge in [-0.25, -0.2) is 0 Å². The van der Waals surface area contributed by atoms with E-state index in [1.807, 2.05) is 0 Å². The Morgan fingerprint density at radius 1 is 1.40 bits per heavy atom. The third-order valence-electron chi connectivity index (χ3n) is 2.00. The van der Waals surface area contributed by atoms with Crippen molar-refractivity contribution in [1.29, 1.82) is 0 Å². The first-order chi connectivity index (χ1) is 7.02. The maximum absolute atomic E-state index is 10.8. The number of aliphatic carboxylic acids is 1. The second kappa shape index (κ2) is 7.55. The molecule has 0 aliphatic rings. The number of aliphatic hydroxyl groups excluding tert-OH is 1. The highest BCUT2D eigenvalue weighted by Gasteiger charge is 2.25. The van der Waals surface area contributed by atoms with E-state index < -0.39 is 18.1 Å². The van der Waals surface area contributed by atoms with Crippen LogP contribution < -0.4 is 11.5 Å². The topological polar surface area (TPSA) is 133 Å². The Morgan fingerprint density at radius 3 is 2.40 bits per heavy atom. The van der Waals surface area contributed by atoms with E-state index in [2.05, 4.69) is 0 Å². The molecule has 0 saturated heterocycles. The van der Waals surface area contributed by atoms with Crippen molar-refractivity contribution in [3.05, 3.63) is 0 Å². The highest BCUT2D eigenvalue weighted by atomic mass is 16.5. The maximum Gasteiger partial charge on any atom is 0.323 e. The molecule has 0 aromatic carbocycles. The van der Waals surface area contributed by atoms with Crippen LogP contribution >= 0.6 is 0 Å². The maximum atomic E-state index is 10.8. The van der Waals surface area contributed by atoms with Gasteiger partial charge in [0, 0.05) is 6.54 Å². The highest BCUT2D eigenvalue weighted by Crippen LogP contribution is 2.05. The fourth-order valence-corrected chi connectivity index (χ4v) is 1.13. The number of nitrogens with zero attached hydrogens (tertiary/aromatic N) is 1. The van der Waals surface area contributed by atoms with Gasteiger partial charge in [0.15, 0.2) is 0 Å². The lowest BCUT2D eigenvalue weighted by Crippen LogP contribution is -2.44. The minimum Gasteiger partial charge on any atom is -0.480 e. The zero-order chi connectivity index (χ0) is 11.8. The first kappa shape index (κ1) is 14.3. The Labute approximate surface area is 88.2 Å². The zero-order valence-corrected chi connectivity index (χ0v) is 8.54. The summed E-state index contributed by atoms with van der Waals surface area (Å²) in [4.78, 5) is 10.8. The Kier molecular flexibility index (Phi) is 7.18. The third kappa shape index (κ3) is 5.65. The molecular weight excluding hydrogens is 202 g/mol. The van der Waals surface area contributed by atoms with Gasteiger partial charge in [0.25, 0.3) is 0 Å². The molecule has 0 amide bonds. The second-order valence-corrected chi connectivity index (χ2v) is 3.30. The van der Waals surface area contributed by atoms with Crippen molar-refractivity contribution >= 4 is 5.97 Å². The van der Waals surface area contributed by atoms with Gasteiger partial charge in [-0.15, -0.1) is 0 Å². The number of carboxylic acids is 1. The Hall–Kier alpha value is -0.730. The van der Waals surface area contributed by atoms with Crippen molar-refractivity contribution in [1.82, 2.24) is 5.06 Å². The average Bonchev–Trinajstić information content (AvgIpc) is 2.17. The number of rotatable bonds is 8. The molecule has 0 spiro atoms. The van der Waals surface area contributed by atoms with Crippen LogP contribution in [0.5, 0.6) is 0 Å². The largest absolute Gasteiger partial charge is 0.480 e. The van der Waals surface area contributed by atoms with Crippen LogP contribution in [0.25, 0.3) is 0 Å². The SMILES string of the molecule is NCCC[C@@H](C(=O)O)N(O)CC(O)CN. The second-order valence-electron chi connectivity index (χ2n) is 3.30. The van der Waals surface area contributed by atoms with E-state index in [1.165, 1.54) is 0 Å². The van der Waals surface area contributed by atoms with Crippen molar-refractivity contribution in [2.75, 3.05) is 19.6 Å². The lowest BCUT2D eigenvalue weighted by molar-refractivity contribution is -0.176. The van der Waals surface area contributed by atoms with Crippen LogP contribution in [0.2, 0.25) is 0 Å². The van der Waals surface area contributed by atoms with Crippen LogP contribution in [0.1, 0.15) is 12.8 Å². The first-order valence-electron chi connectivity index (χ1n) is 4.79. The fraction of sp³-hybridized carbons (Fsp3) is 0.875. The molecule has 1 unspecified atom stereocenters. The van der Waals surface area contributed by atoms with Crippen molar-refractivity contribution in [2.24, 2.45) is 11.5 Å². The van der Waals surface area contributed by atoms with Gasteiger partial charge in [0.2, 0.25) is 0 Å². The summed E-state index contributed by atoms with van der Waals surface area (Å²) in [7, 11) is 0. The molecule has 0 aromatic rings. The quantitative estimate of drug-likeness (QED) is 0.305. The summed E-state index contributed by atoms with van der Waals surface area (Å²) in [6.45, 7) is 0.148. The summed E-state index contributed by atoms with van der Waals surface area (Å²) in [6.07, 6.45) is -0.207. The zero-order valence-electron chi connectivity index (χ0n) is 8.54. The molecule has 0 radical (unpaired) electrons. The molecule has 0 aliphatic heterocycles. The van der Waals surface area contributed by atoms with Crippen LogP contribution in [0.3, 0.4) is 0 Å². The lowest BCUT2D eigenvalue weighted by Gasteiger charge is -2.24. The minimum absolute atomic E-state index is 0.0275. The normalized spacial score (nSPS) is 15.3. The van der Waals surface area contributed by atoms with Gasteiger partial charge in [-0.2, -0.15) is 5.06 Å². The van der Waals surface area contributed by atoms with E-state index in [0.29, 0.717) is 18.0 Å². The number of carboxylic acid groups (broad SMARTS) is 1. The van der Waals surface area contributed by atoms with E-state index in [0.717, 1.165) is 0 Å². The third-order valence-corrected chi connectivity index (χ3v) is 2.00. The molecule has 90 valence electrons. The smallest absolute Gasteiger partial charge is 0.323 e. The van der Waals surface area contributed by atoms with Crippen LogP contribution in [0.4, 0.5) is 0 Å². The summed E-state index contributed by atoms with van der Waals surface area (Å²) >= 11 is 0. The van der Waals surface area contributed by atoms with Gasteiger partial charge in [-0.05, 0) is 19.4 Å². The number of nitrogens with two attached hydrogens (primary N) is 2. The molecule has 15 heavy (non-hydrogen) atoms. The standard InChI is InChI=1S/C8H19N3O4/c9-3-1-2-7(8(13)14)11(15)5-6(12)4-10/h6-7,12,15H,1-5,9-10H2,(H,13,14)/t6?,7-/m0/s1. The monoisotopic (exact) mass is 221 g/mol. The minimum atomic E-state index is -1.14. The summed E-state index contributed by atoms with van der Waals surface area (Å²) in [5.41, 5.74) is 10.4. The number of aliphatic hydroxyl groups is 1. The molecular formula is C8H19N3O4. The summed E-state index contributed by atoms with van der Waals surface area (Å²) < 4.78 is 0. The molecule has 7 N–H and O–H groups in total. The van der Waals surface area contributed by atoms with Gasteiger partial charge in [-0.1, -0.05) is 0 Å². The van der Waals surface area contributed by atoms with Crippen LogP contribution in [0.15, 0.2) is 0 Å². The van der Waals surface area contributed by atoms with Crippen LogP contribution in [-0.2, 0) is 4.79 Å². The number of hydrogen-bond acceptors (Lipinski definition) is 6. The molecule has 0 bridgehead atoms. The van der Waals surface area contributed by atoms with Gasteiger partial charge >= 0.3 is 5.97 Å². The first-order valence-corrected chi connectivity index (χ1v) is 4.79. The van der Waals surface area contributed by atoms with Crippen LogP contribution in [0, 0.1) is 0 Å². The average molecular weight is 221 g/mol. The highest BCUT2D eigenvalue weighted by molar-refractivity contribution is 5.73. The molecule has 0 rings (SSSR count). The van der Waals surface area contributed by atoms with E-state index in [-0.39, 0.29) is 19.5 Å².